The molecular weight excluding hydrogens is 367 g/mol. The molecule has 2 aromatic rings. The van der Waals surface area contributed by atoms with Gasteiger partial charge in [0.05, 0.1) is 5.92 Å². The first kappa shape index (κ1) is 20.2. The number of nitrogens with zero attached hydrogens (tertiary/aromatic N) is 2. The minimum absolute atomic E-state index is 0. The van der Waals surface area contributed by atoms with Gasteiger partial charge in [-0.1, -0.05) is 19.1 Å². The summed E-state index contributed by atoms with van der Waals surface area (Å²) in [5, 5.41) is 1.36. The van der Waals surface area contributed by atoms with Crippen molar-refractivity contribution in [1.82, 2.24) is 9.47 Å². The van der Waals surface area contributed by atoms with E-state index in [-0.39, 0.29) is 30.9 Å². The van der Waals surface area contributed by atoms with Gasteiger partial charge < -0.3 is 9.30 Å². The Kier molecular flexibility index (Phi) is 5.82. The van der Waals surface area contributed by atoms with Crippen molar-refractivity contribution in [2.45, 2.75) is 44.8 Å². The van der Waals surface area contributed by atoms with Crippen molar-refractivity contribution < 1.29 is 13.9 Å². The number of rotatable bonds is 4. The highest BCUT2D eigenvalue weighted by Crippen LogP contribution is 2.45. The third-order valence-electron chi connectivity index (χ3n) is 6.08. The number of likely N-dealkylation sites (N-methyl/N-ethyl adjacent to an activating group) is 1. The summed E-state index contributed by atoms with van der Waals surface area (Å²) in [5.41, 5.74) is 4.02. The Hall–Kier alpha value is -1.59. The number of aromatic nitrogens is 1. The van der Waals surface area contributed by atoms with Gasteiger partial charge in [0.25, 0.3) is 0 Å². The number of likely N-dealkylation sites (tertiary alicyclic amines) is 1. The third-order valence-corrected chi connectivity index (χ3v) is 6.08. The number of benzene rings is 1. The summed E-state index contributed by atoms with van der Waals surface area (Å²) in [4.78, 5) is 14.9. The van der Waals surface area contributed by atoms with Crippen molar-refractivity contribution in [1.29, 1.82) is 0 Å². The van der Waals surface area contributed by atoms with Gasteiger partial charge in [-0.05, 0) is 43.5 Å². The lowest BCUT2D eigenvalue weighted by molar-refractivity contribution is -0.153. The average molecular weight is 395 g/mol. The Labute approximate surface area is 166 Å². The van der Waals surface area contributed by atoms with E-state index < -0.39 is 6.17 Å². The maximum absolute atomic E-state index is 13.1. The summed E-state index contributed by atoms with van der Waals surface area (Å²) in [6, 6.07) is 6.92. The molecule has 4 rings (SSSR count). The fourth-order valence-electron chi connectivity index (χ4n) is 4.92. The van der Waals surface area contributed by atoms with Crippen LogP contribution in [0.1, 0.15) is 37.3 Å². The molecule has 148 valence electrons. The van der Waals surface area contributed by atoms with Gasteiger partial charge in [0.2, 0.25) is 0 Å². The van der Waals surface area contributed by atoms with E-state index in [9.17, 15) is 9.18 Å². The molecule has 0 N–H and O–H groups in total. The molecule has 1 aliphatic heterocycles. The van der Waals surface area contributed by atoms with Gasteiger partial charge in [-0.15, -0.1) is 12.4 Å². The largest absolute Gasteiger partial charge is 0.462 e. The lowest BCUT2D eigenvalue weighted by Crippen LogP contribution is -2.51. The highest BCUT2D eigenvalue weighted by molar-refractivity contribution is 5.89. The van der Waals surface area contributed by atoms with Crippen LogP contribution in [-0.2, 0) is 23.0 Å². The number of hydrogen-bond donors (Lipinski definition) is 0. The number of aryl methyl sites for hydroxylation is 1. The van der Waals surface area contributed by atoms with Crippen LogP contribution in [0.25, 0.3) is 10.9 Å². The lowest BCUT2D eigenvalue weighted by Gasteiger charge is -2.46. The summed E-state index contributed by atoms with van der Waals surface area (Å²) < 4.78 is 20.5. The smallest absolute Gasteiger partial charge is 0.310 e. The van der Waals surface area contributed by atoms with E-state index in [0.717, 1.165) is 19.4 Å². The van der Waals surface area contributed by atoms with E-state index in [1.165, 1.54) is 29.0 Å². The van der Waals surface area contributed by atoms with Crippen molar-refractivity contribution >= 4 is 29.3 Å². The van der Waals surface area contributed by atoms with Gasteiger partial charge in [0.1, 0.15) is 12.8 Å². The van der Waals surface area contributed by atoms with Crippen LogP contribution >= 0.6 is 12.4 Å². The molecule has 1 saturated heterocycles. The standard InChI is InChI=1S/C21H27FN2O2.ClH/c1-4-24-11-15(21(25)26-12-13(2)22)8-17-16-6-5-7-18-20(16)14(9-19(17)24)10-23(18)3;/h5-7,10,13,15,17,19H,4,8-9,11-12H2,1-3H3;1H/t13?,15-,17?,19-;/m1./s1. The molecule has 2 heterocycles. The number of alkyl halides is 1. The number of hydrogen-bond acceptors (Lipinski definition) is 3. The molecule has 0 radical (unpaired) electrons. The van der Waals surface area contributed by atoms with Gasteiger partial charge in [0.15, 0.2) is 0 Å². The second-order valence-electron chi connectivity index (χ2n) is 7.82. The zero-order valence-electron chi connectivity index (χ0n) is 16.2. The van der Waals surface area contributed by atoms with Crippen LogP contribution in [-0.4, -0.2) is 47.3 Å². The van der Waals surface area contributed by atoms with E-state index >= 15 is 0 Å². The van der Waals surface area contributed by atoms with Crippen LogP contribution in [0.2, 0.25) is 0 Å². The molecule has 1 aromatic carbocycles. The molecule has 0 saturated carbocycles. The normalized spacial score (nSPS) is 25.6. The molecule has 1 aromatic heterocycles. The first-order valence-electron chi connectivity index (χ1n) is 9.61. The molecular formula is C21H28ClFN2O2. The quantitative estimate of drug-likeness (QED) is 0.739. The minimum Gasteiger partial charge on any atom is -0.462 e. The lowest BCUT2D eigenvalue weighted by atomic mass is 9.72. The summed E-state index contributed by atoms with van der Waals surface area (Å²) >= 11 is 0. The number of ether oxygens (including phenoxy) is 1. The number of fused-ring (bicyclic) bond motifs is 2. The highest BCUT2D eigenvalue weighted by Gasteiger charge is 2.42. The Morgan fingerprint density at radius 1 is 1.41 bits per heavy atom. The van der Waals surface area contributed by atoms with E-state index in [4.69, 9.17) is 4.74 Å². The monoisotopic (exact) mass is 394 g/mol. The van der Waals surface area contributed by atoms with E-state index in [0.29, 0.717) is 18.5 Å². The summed E-state index contributed by atoms with van der Waals surface area (Å²) in [7, 11) is 2.10. The Morgan fingerprint density at radius 3 is 2.89 bits per heavy atom. The zero-order valence-corrected chi connectivity index (χ0v) is 17.0. The van der Waals surface area contributed by atoms with Crippen LogP contribution < -0.4 is 0 Å². The molecule has 2 unspecified atom stereocenters. The summed E-state index contributed by atoms with van der Waals surface area (Å²) in [6.45, 7) is 5.03. The zero-order chi connectivity index (χ0) is 18.4. The van der Waals surface area contributed by atoms with E-state index in [1.807, 2.05) is 0 Å². The number of carbonyl (C=O) groups is 1. The molecule has 4 nitrogen and oxygen atoms in total. The first-order valence-corrected chi connectivity index (χ1v) is 9.61. The predicted octanol–water partition coefficient (Wildman–Crippen LogP) is 3.85. The summed E-state index contributed by atoms with van der Waals surface area (Å²) in [5.74, 6) is -0.115. The maximum Gasteiger partial charge on any atom is 0.310 e. The summed E-state index contributed by atoms with van der Waals surface area (Å²) in [6.07, 6.45) is 2.94. The van der Waals surface area contributed by atoms with Crippen molar-refractivity contribution in [3.05, 3.63) is 35.5 Å². The Morgan fingerprint density at radius 2 is 2.19 bits per heavy atom. The SMILES string of the molecule is CCN1C[C@H](C(=O)OCC(C)F)CC2c3cccc4c3c(cn4C)C[C@H]21.Cl. The first-order chi connectivity index (χ1) is 12.5. The van der Waals surface area contributed by atoms with Crippen LogP contribution in [0.4, 0.5) is 4.39 Å². The molecule has 2 aliphatic rings. The number of piperidine rings is 1. The molecule has 1 fully saturated rings. The minimum atomic E-state index is -1.12. The molecule has 1 aliphatic carbocycles. The Bertz CT molecular complexity index is 835. The van der Waals surface area contributed by atoms with E-state index in [1.54, 1.807) is 0 Å². The predicted molar refractivity (Wildman–Crippen MR) is 107 cm³/mol. The van der Waals surface area contributed by atoms with Crippen molar-refractivity contribution in [2.75, 3.05) is 19.7 Å². The van der Waals surface area contributed by atoms with Crippen LogP contribution in [0.15, 0.2) is 24.4 Å². The van der Waals surface area contributed by atoms with Crippen LogP contribution in [0.3, 0.4) is 0 Å². The van der Waals surface area contributed by atoms with Gasteiger partial charge in [-0.2, -0.15) is 0 Å². The van der Waals surface area contributed by atoms with Gasteiger partial charge in [0, 0.05) is 42.7 Å². The van der Waals surface area contributed by atoms with Gasteiger partial charge in [-0.3, -0.25) is 9.69 Å². The van der Waals surface area contributed by atoms with Gasteiger partial charge >= 0.3 is 5.97 Å². The highest BCUT2D eigenvalue weighted by atomic mass is 35.5. The maximum atomic E-state index is 13.1. The molecule has 0 bridgehead atoms. The Balaban J connectivity index is 0.00000210. The second kappa shape index (κ2) is 7.80. The number of halogens is 2. The fraction of sp³-hybridized carbons (Fsp3) is 0.571. The topological polar surface area (TPSA) is 34.5 Å². The molecule has 0 spiro atoms. The second-order valence-corrected chi connectivity index (χ2v) is 7.82. The average Bonchev–Trinajstić information content (AvgIpc) is 2.96. The number of esters is 1. The van der Waals surface area contributed by atoms with E-state index in [2.05, 4.69) is 47.8 Å². The number of carbonyl (C=O) groups excluding carboxylic acids is 1. The fourth-order valence-corrected chi connectivity index (χ4v) is 4.92. The van der Waals surface area contributed by atoms with Crippen LogP contribution in [0, 0.1) is 5.92 Å². The molecule has 0 amide bonds. The molecule has 27 heavy (non-hydrogen) atoms. The molecule has 4 atom stereocenters. The van der Waals surface area contributed by atoms with Crippen molar-refractivity contribution in [3.63, 3.8) is 0 Å². The third kappa shape index (κ3) is 3.47. The van der Waals surface area contributed by atoms with Crippen molar-refractivity contribution in [2.24, 2.45) is 13.0 Å². The van der Waals surface area contributed by atoms with Gasteiger partial charge in [-0.25, -0.2) is 4.39 Å². The van der Waals surface area contributed by atoms with Crippen LogP contribution in [0.5, 0.6) is 0 Å². The van der Waals surface area contributed by atoms with Crippen molar-refractivity contribution in [3.8, 4) is 0 Å². The molecule has 6 heteroatoms.